The fraction of sp³-hybridized carbons (Fsp3) is 0.118. The number of carbonyl (C=O) groups excluding carboxylic acids is 2. The van der Waals surface area contributed by atoms with Crippen LogP contribution in [0, 0.1) is 5.82 Å². The van der Waals surface area contributed by atoms with Crippen LogP contribution in [0.2, 0.25) is 0 Å². The summed E-state index contributed by atoms with van der Waals surface area (Å²) in [6, 6.07) is 3.28. The smallest absolute Gasteiger partial charge is 0.355 e. The van der Waals surface area contributed by atoms with Crippen molar-refractivity contribution in [3.8, 4) is 0 Å². The molecule has 1 aliphatic heterocycles. The van der Waals surface area contributed by atoms with E-state index in [2.05, 4.69) is 4.74 Å². The molecule has 0 aromatic heterocycles. The number of methoxy groups -OCH3 is 2. The standard InChI is InChI=1S/C17H14FNO6/c1-24-16(22)11-5-3-4-8-19(14(11)17(23)25-2)10-6-7-13(18)12(9-10)15(20)21/h3-9H,1-2H3,(H,20,21). The van der Waals surface area contributed by atoms with Gasteiger partial charge in [-0.2, -0.15) is 0 Å². The normalized spacial score (nSPS) is 13.5. The predicted octanol–water partition coefficient (Wildman–Crippen LogP) is 2.01. The third-order valence-corrected chi connectivity index (χ3v) is 3.35. The van der Waals surface area contributed by atoms with E-state index in [4.69, 9.17) is 9.84 Å². The van der Waals surface area contributed by atoms with Crippen molar-refractivity contribution in [3.05, 3.63) is 65.3 Å². The van der Waals surface area contributed by atoms with Crippen molar-refractivity contribution in [1.82, 2.24) is 0 Å². The quantitative estimate of drug-likeness (QED) is 0.833. The molecule has 8 heteroatoms. The molecule has 0 aliphatic carbocycles. The molecule has 2 rings (SSSR count). The molecule has 1 N–H and O–H groups in total. The highest BCUT2D eigenvalue weighted by Gasteiger charge is 2.28. The highest BCUT2D eigenvalue weighted by atomic mass is 19.1. The zero-order valence-corrected chi connectivity index (χ0v) is 13.4. The largest absolute Gasteiger partial charge is 0.478 e. The first kappa shape index (κ1) is 17.9. The maximum atomic E-state index is 13.6. The van der Waals surface area contributed by atoms with E-state index in [0.717, 1.165) is 26.4 Å². The number of halogens is 1. The maximum absolute atomic E-state index is 13.6. The molecule has 1 aromatic rings. The Labute approximate surface area is 142 Å². The lowest BCUT2D eigenvalue weighted by Gasteiger charge is -2.23. The van der Waals surface area contributed by atoms with Gasteiger partial charge in [0.2, 0.25) is 0 Å². The number of benzene rings is 1. The number of allylic oxidation sites excluding steroid dienone is 2. The molecule has 1 aliphatic rings. The molecule has 0 fully saturated rings. The van der Waals surface area contributed by atoms with Crippen molar-refractivity contribution < 1.29 is 33.4 Å². The molecular weight excluding hydrogens is 333 g/mol. The molecule has 0 unspecified atom stereocenters. The molecule has 25 heavy (non-hydrogen) atoms. The minimum atomic E-state index is -1.46. The third kappa shape index (κ3) is 3.57. The average Bonchev–Trinajstić information content (AvgIpc) is 2.83. The van der Waals surface area contributed by atoms with Crippen molar-refractivity contribution in [2.45, 2.75) is 0 Å². The van der Waals surface area contributed by atoms with Gasteiger partial charge in [-0.05, 0) is 30.4 Å². The summed E-state index contributed by atoms with van der Waals surface area (Å²) in [6.45, 7) is 0. The van der Waals surface area contributed by atoms with Crippen molar-refractivity contribution in [2.75, 3.05) is 19.1 Å². The van der Waals surface area contributed by atoms with E-state index in [-0.39, 0.29) is 17.0 Å². The Hall–Kier alpha value is -3.42. The summed E-state index contributed by atoms with van der Waals surface area (Å²) in [5, 5.41) is 9.08. The average molecular weight is 347 g/mol. The van der Waals surface area contributed by atoms with Gasteiger partial charge < -0.3 is 19.5 Å². The van der Waals surface area contributed by atoms with Crippen LogP contribution in [0.1, 0.15) is 10.4 Å². The third-order valence-electron chi connectivity index (χ3n) is 3.35. The summed E-state index contributed by atoms with van der Waals surface area (Å²) in [7, 11) is 2.29. The van der Waals surface area contributed by atoms with Crippen LogP contribution in [0.15, 0.2) is 53.9 Å². The van der Waals surface area contributed by atoms with Crippen LogP contribution in [-0.2, 0) is 19.1 Å². The van der Waals surface area contributed by atoms with E-state index in [9.17, 15) is 18.8 Å². The zero-order chi connectivity index (χ0) is 18.6. The molecule has 0 atom stereocenters. The number of carbonyl (C=O) groups is 3. The molecule has 0 radical (unpaired) electrons. The number of rotatable bonds is 4. The van der Waals surface area contributed by atoms with Gasteiger partial charge in [-0.1, -0.05) is 6.08 Å². The minimum Gasteiger partial charge on any atom is -0.478 e. The number of esters is 2. The lowest BCUT2D eigenvalue weighted by Crippen LogP contribution is -2.27. The number of carboxylic acids is 1. The lowest BCUT2D eigenvalue weighted by molar-refractivity contribution is -0.139. The molecule has 0 amide bonds. The summed E-state index contributed by atoms with van der Waals surface area (Å²) in [6.07, 6.45) is 5.79. The summed E-state index contributed by atoms with van der Waals surface area (Å²) in [5.74, 6) is -4.03. The van der Waals surface area contributed by atoms with Gasteiger partial charge in [0.25, 0.3) is 0 Å². The van der Waals surface area contributed by atoms with Gasteiger partial charge in [-0.15, -0.1) is 0 Å². The molecule has 1 aromatic carbocycles. The van der Waals surface area contributed by atoms with E-state index in [1.54, 1.807) is 0 Å². The number of hydrogen-bond donors (Lipinski definition) is 1. The summed E-state index contributed by atoms with van der Waals surface area (Å²) >= 11 is 0. The highest BCUT2D eigenvalue weighted by molar-refractivity contribution is 6.05. The molecular formula is C17H14FNO6. The van der Waals surface area contributed by atoms with Crippen molar-refractivity contribution >= 4 is 23.6 Å². The Kier molecular flexibility index (Phi) is 5.33. The zero-order valence-electron chi connectivity index (χ0n) is 13.4. The lowest BCUT2D eigenvalue weighted by atomic mass is 10.1. The molecule has 1 heterocycles. The van der Waals surface area contributed by atoms with Crippen LogP contribution < -0.4 is 4.90 Å². The molecule has 7 nitrogen and oxygen atoms in total. The van der Waals surface area contributed by atoms with E-state index in [1.165, 1.54) is 35.4 Å². The number of nitrogens with zero attached hydrogens (tertiary/aromatic N) is 1. The van der Waals surface area contributed by atoms with Gasteiger partial charge in [0.15, 0.2) is 0 Å². The van der Waals surface area contributed by atoms with E-state index < -0.39 is 29.3 Å². The molecule has 130 valence electrons. The topological polar surface area (TPSA) is 93.1 Å². The Bertz CT molecular complexity index is 824. The molecule has 0 saturated heterocycles. The SMILES string of the molecule is COC(=O)C1=C(C(=O)OC)N(c2ccc(F)c(C(=O)O)c2)C=CC=C1. The summed E-state index contributed by atoms with van der Waals surface area (Å²) < 4.78 is 23.0. The van der Waals surface area contributed by atoms with Crippen LogP contribution in [-0.4, -0.2) is 37.2 Å². The van der Waals surface area contributed by atoms with Gasteiger partial charge in [-0.3, -0.25) is 0 Å². The Morgan fingerprint density at radius 3 is 2.36 bits per heavy atom. The molecule has 0 saturated carbocycles. The number of anilines is 1. The van der Waals surface area contributed by atoms with Crippen LogP contribution >= 0.6 is 0 Å². The molecule has 0 spiro atoms. The van der Waals surface area contributed by atoms with E-state index in [1.807, 2.05) is 0 Å². The minimum absolute atomic E-state index is 0.0967. The van der Waals surface area contributed by atoms with E-state index in [0.29, 0.717) is 0 Å². The summed E-state index contributed by atoms with van der Waals surface area (Å²) in [4.78, 5) is 36.6. The van der Waals surface area contributed by atoms with Gasteiger partial charge in [0.1, 0.15) is 11.5 Å². The second-order valence-corrected chi connectivity index (χ2v) is 4.79. The first-order valence-electron chi connectivity index (χ1n) is 6.98. The Balaban J connectivity index is 2.69. The second-order valence-electron chi connectivity index (χ2n) is 4.79. The monoisotopic (exact) mass is 347 g/mol. The molecule has 0 bridgehead atoms. The highest BCUT2D eigenvalue weighted by Crippen LogP contribution is 2.27. The van der Waals surface area contributed by atoms with Crippen LogP contribution in [0.5, 0.6) is 0 Å². The van der Waals surface area contributed by atoms with Crippen LogP contribution in [0.3, 0.4) is 0 Å². The van der Waals surface area contributed by atoms with Gasteiger partial charge in [0.05, 0.1) is 25.4 Å². The first-order valence-corrected chi connectivity index (χ1v) is 6.98. The van der Waals surface area contributed by atoms with Crippen LogP contribution in [0.25, 0.3) is 0 Å². The van der Waals surface area contributed by atoms with Crippen molar-refractivity contribution in [3.63, 3.8) is 0 Å². The number of hydrogen-bond acceptors (Lipinski definition) is 6. The summed E-state index contributed by atoms with van der Waals surface area (Å²) in [5.41, 5.74) is -0.713. The predicted molar refractivity (Wildman–Crippen MR) is 85.2 cm³/mol. The van der Waals surface area contributed by atoms with Crippen LogP contribution in [0.4, 0.5) is 10.1 Å². The first-order chi connectivity index (χ1) is 11.9. The van der Waals surface area contributed by atoms with E-state index >= 15 is 0 Å². The second kappa shape index (κ2) is 7.43. The van der Waals surface area contributed by atoms with Gasteiger partial charge in [0, 0.05) is 11.9 Å². The number of aromatic carboxylic acids is 1. The Morgan fingerprint density at radius 1 is 1.08 bits per heavy atom. The van der Waals surface area contributed by atoms with Crippen molar-refractivity contribution in [2.24, 2.45) is 0 Å². The van der Waals surface area contributed by atoms with Gasteiger partial charge >= 0.3 is 17.9 Å². The maximum Gasteiger partial charge on any atom is 0.355 e. The van der Waals surface area contributed by atoms with Gasteiger partial charge in [-0.25, -0.2) is 18.8 Å². The Morgan fingerprint density at radius 2 is 1.76 bits per heavy atom. The fourth-order valence-corrected chi connectivity index (χ4v) is 2.19. The van der Waals surface area contributed by atoms with Crippen molar-refractivity contribution in [1.29, 1.82) is 0 Å². The number of ether oxygens (including phenoxy) is 2. The fourth-order valence-electron chi connectivity index (χ4n) is 2.19. The number of carboxylic acid groups (broad SMARTS) is 1.